The van der Waals surface area contributed by atoms with Crippen LogP contribution in [0.25, 0.3) is 0 Å². The van der Waals surface area contributed by atoms with Crippen LogP contribution in [-0.2, 0) is 9.59 Å². The highest BCUT2D eigenvalue weighted by atomic mass is 16.4. The summed E-state index contributed by atoms with van der Waals surface area (Å²) in [5.41, 5.74) is 2.23. The highest BCUT2D eigenvalue weighted by molar-refractivity contribution is 6.14. The third-order valence-electron chi connectivity index (χ3n) is 4.80. The van der Waals surface area contributed by atoms with Crippen molar-refractivity contribution < 1.29 is 19.5 Å². The van der Waals surface area contributed by atoms with E-state index in [0.717, 1.165) is 5.56 Å². The lowest BCUT2D eigenvalue weighted by atomic mass is 9.82. The monoisotopic (exact) mass is 363 g/mol. The molecule has 2 N–H and O–H groups in total. The predicted octanol–water partition coefficient (Wildman–Crippen LogP) is 3.83. The topological polar surface area (TPSA) is 83.5 Å². The van der Waals surface area contributed by atoms with E-state index in [1.54, 1.807) is 42.5 Å². The van der Waals surface area contributed by atoms with Gasteiger partial charge in [-0.05, 0) is 31.9 Å². The van der Waals surface area contributed by atoms with Gasteiger partial charge in [0.1, 0.15) is 0 Å². The zero-order valence-electron chi connectivity index (χ0n) is 15.0. The number of anilines is 1. The first-order valence-corrected chi connectivity index (χ1v) is 8.86. The van der Waals surface area contributed by atoms with E-state index in [1.807, 2.05) is 25.1 Å². The summed E-state index contributed by atoms with van der Waals surface area (Å²) in [5.74, 6) is -2.96. The van der Waals surface area contributed by atoms with E-state index in [-0.39, 0.29) is 11.7 Å². The fraction of sp³-hybridized carbons (Fsp3) is 0.227. The molecule has 1 aliphatic rings. The van der Waals surface area contributed by atoms with Gasteiger partial charge in [0.15, 0.2) is 5.78 Å². The van der Waals surface area contributed by atoms with Crippen molar-refractivity contribution in [2.45, 2.75) is 19.8 Å². The van der Waals surface area contributed by atoms with Crippen LogP contribution in [0.4, 0.5) is 5.69 Å². The van der Waals surface area contributed by atoms with Crippen molar-refractivity contribution in [1.29, 1.82) is 0 Å². The molecule has 0 heterocycles. The molecule has 0 saturated heterocycles. The summed E-state index contributed by atoms with van der Waals surface area (Å²) in [6, 6.07) is 14.1. The Kier molecular flexibility index (Phi) is 5.50. The maximum Gasteiger partial charge on any atom is 0.307 e. The summed E-state index contributed by atoms with van der Waals surface area (Å²) in [6.07, 6.45) is 4.32. The Balaban J connectivity index is 1.89. The Bertz CT molecular complexity index is 902. The summed E-state index contributed by atoms with van der Waals surface area (Å²) in [5, 5.41) is 12.2. The van der Waals surface area contributed by atoms with Gasteiger partial charge in [-0.1, -0.05) is 54.1 Å². The minimum Gasteiger partial charge on any atom is -0.481 e. The second-order valence-electron chi connectivity index (χ2n) is 6.73. The van der Waals surface area contributed by atoms with Crippen LogP contribution in [0, 0.1) is 18.8 Å². The molecule has 2 atom stereocenters. The largest absolute Gasteiger partial charge is 0.481 e. The Morgan fingerprint density at radius 1 is 0.963 bits per heavy atom. The minimum atomic E-state index is -0.982. The molecule has 0 radical (unpaired) electrons. The van der Waals surface area contributed by atoms with Crippen LogP contribution < -0.4 is 5.32 Å². The number of nitrogens with one attached hydrogen (secondary N) is 1. The summed E-state index contributed by atoms with van der Waals surface area (Å²) < 4.78 is 0. The van der Waals surface area contributed by atoms with Crippen molar-refractivity contribution >= 4 is 23.3 Å². The van der Waals surface area contributed by atoms with E-state index < -0.39 is 17.8 Å². The van der Waals surface area contributed by atoms with E-state index in [1.165, 1.54) is 0 Å². The molecule has 0 aliphatic heterocycles. The van der Waals surface area contributed by atoms with Gasteiger partial charge in [0.05, 0.1) is 17.5 Å². The minimum absolute atomic E-state index is 0.187. The van der Waals surface area contributed by atoms with Gasteiger partial charge in [0.25, 0.3) is 0 Å². The second-order valence-corrected chi connectivity index (χ2v) is 6.73. The number of allylic oxidation sites excluding steroid dienone is 2. The molecule has 138 valence electrons. The molecule has 0 saturated carbocycles. The zero-order chi connectivity index (χ0) is 19.4. The van der Waals surface area contributed by atoms with Crippen LogP contribution in [0.1, 0.15) is 34.3 Å². The first kappa shape index (κ1) is 18.6. The summed E-state index contributed by atoms with van der Waals surface area (Å²) >= 11 is 0. The molecule has 0 fully saturated rings. The number of aliphatic carboxylic acids is 1. The van der Waals surface area contributed by atoms with Crippen molar-refractivity contribution in [3.05, 3.63) is 77.4 Å². The summed E-state index contributed by atoms with van der Waals surface area (Å²) in [7, 11) is 0. The van der Waals surface area contributed by atoms with Crippen LogP contribution in [0.5, 0.6) is 0 Å². The number of carboxylic acids is 1. The highest BCUT2D eigenvalue weighted by Crippen LogP contribution is 2.28. The maximum atomic E-state index is 12.9. The van der Waals surface area contributed by atoms with Gasteiger partial charge < -0.3 is 10.4 Å². The van der Waals surface area contributed by atoms with Crippen LogP contribution in [0.15, 0.2) is 60.7 Å². The van der Waals surface area contributed by atoms with E-state index in [0.29, 0.717) is 29.7 Å². The number of hydrogen-bond donors (Lipinski definition) is 2. The van der Waals surface area contributed by atoms with Gasteiger partial charge in [-0.3, -0.25) is 14.4 Å². The Labute approximate surface area is 157 Å². The smallest absolute Gasteiger partial charge is 0.307 e. The molecule has 1 amide bonds. The van der Waals surface area contributed by atoms with Gasteiger partial charge in [-0.25, -0.2) is 0 Å². The molecule has 0 spiro atoms. The molecular weight excluding hydrogens is 342 g/mol. The van der Waals surface area contributed by atoms with E-state index in [2.05, 4.69) is 5.32 Å². The molecule has 27 heavy (non-hydrogen) atoms. The molecule has 3 rings (SSSR count). The van der Waals surface area contributed by atoms with Crippen molar-refractivity contribution in [2.75, 3.05) is 5.32 Å². The van der Waals surface area contributed by atoms with Crippen molar-refractivity contribution in [3.8, 4) is 0 Å². The number of carbonyl (C=O) groups excluding carboxylic acids is 2. The lowest BCUT2D eigenvalue weighted by Crippen LogP contribution is -2.35. The Hall–Kier alpha value is -3.21. The average molecular weight is 363 g/mol. The number of carbonyl (C=O) groups is 3. The Morgan fingerprint density at radius 3 is 2.30 bits per heavy atom. The highest BCUT2D eigenvalue weighted by Gasteiger charge is 2.34. The standard InChI is InChI=1S/C22H21NO4/c1-14-11-12-19(18(13-14)20(24)15-7-3-2-4-8-15)23-21(25)16-9-5-6-10-17(16)22(26)27/h2-8,11-13,16-17H,9-10H2,1H3,(H,23,25)(H,26,27)/t16-,17-/m1/s1. The van der Waals surface area contributed by atoms with Crippen molar-refractivity contribution in [1.82, 2.24) is 0 Å². The molecular formula is C22H21NO4. The van der Waals surface area contributed by atoms with Crippen LogP contribution >= 0.6 is 0 Å². The van der Waals surface area contributed by atoms with Crippen LogP contribution in [-0.4, -0.2) is 22.8 Å². The molecule has 2 aromatic carbocycles. The number of aryl methyl sites for hydroxylation is 1. The predicted molar refractivity (Wildman–Crippen MR) is 103 cm³/mol. The van der Waals surface area contributed by atoms with Crippen molar-refractivity contribution in [3.63, 3.8) is 0 Å². The molecule has 1 aliphatic carbocycles. The number of carboxylic acid groups (broad SMARTS) is 1. The zero-order valence-corrected chi connectivity index (χ0v) is 15.0. The van der Waals surface area contributed by atoms with E-state index in [4.69, 9.17) is 0 Å². The van der Waals surface area contributed by atoms with Gasteiger partial charge in [0.2, 0.25) is 5.91 Å². The number of ketones is 1. The lowest BCUT2D eigenvalue weighted by Gasteiger charge is -2.24. The quantitative estimate of drug-likeness (QED) is 0.625. The number of hydrogen-bond acceptors (Lipinski definition) is 3. The maximum absolute atomic E-state index is 12.9. The lowest BCUT2D eigenvalue weighted by molar-refractivity contribution is -0.146. The molecule has 0 aromatic heterocycles. The normalized spacial score (nSPS) is 18.7. The molecule has 0 bridgehead atoms. The molecule has 2 aromatic rings. The summed E-state index contributed by atoms with van der Waals surface area (Å²) in [4.78, 5) is 37.1. The second kappa shape index (κ2) is 7.99. The fourth-order valence-corrected chi connectivity index (χ4v) is 3.30. The third-order valence-corrected chi connectivity index (χ3v) is 4.80. The van der Waals surface area contributed by atoms with Crippen molar-refractivity contribution in [2.24, 2.45) is 11.8 Å². The number of benzene rings is 2. The first-order valence-electron chi connectivity index (χ1n) is 8.86. The van der Waals surface area contributed by atoms with Gasteiger partial charge in [0, 0.05) is 11.1 Å². The molecule has 0 unspecified atom stereocenters. The van der Waals surface area contributed by atoms with Gasteiger partial charge >= 0.3 is 5.97 Å². The van der Waals surface area contributed by atoms with Gasteiger partial charge in [-0.2, -0.15) is 0 Å². The number of rotatable bonds is 5. The average Bonchev–Trinajstić information content (AvgIpc) is 2.69. The molecule has 5 nitrogen and oxygen atoms in total. The molecule has 5 heteroatoms. The third kappa shape index (κ3) is 4.14. The van der Waals surface area contributed by atoms with E-state index >= 15 is 0 Å². The SMILES string of the molecule is Cc1ccc(NC(=O)[C@@H]2CC=CC[C@H]2C(=O)O)c(C(=O)c2ccccc2)c1. The number of amides is 1. The Morgan fingerprint density at radius 2 is 1.63 bits per heavy atom. The first-order chi connectivity index (χ1) is 13.0. The van der Waals surface area contributed by atoms with Gasteiger partial charge in [-0.15, -0.1) is 0 Å². The van der Waals surface area contributed by atoms with Crippen LogP contribution in [0.2, 0.25) is 0 Å². The van der Waals surface area contributed by atoms with E-state index in [9.17, 15) is 19.5 Å². The van der Waals surface area contributed by atoms with Crippen LogP contribution in [0.3, 0.4) is 0 Å². The fourth-order valence-electron chi connectivity index (χ4n) is 3.30. The summed E-state index contributed by atoms with van der Waals surface area (Å²) in [6.45, 7) is 1.87.